The molecule has 2 heterocycles. The summed E-state index contributed by atoms with van der Waals surface area (Å²) in [6, 6.07) is 11.3. The highest BCUT2D eigenvalue weighted by Gasteiger charge is 2.22. The van der Waals surface area contributed by atoms with Gasteiger partial charge < -0.3 is 10.6 Å². The Balaban J connectivity index is 1.76. The normalized spacial score (nSPS) is 15.1. The van der Waals surface area contributed by atoms with Gasteiger partial charge in [0.1, 0.15) is 5.82 Å². The van der Waals surface area contributed by atoms with Gasteiger partial charge in [-0.3, -0.25) is 4.79 Å². The second-order valence-electron chi connectivity index (χ2n) is 4.29. The number of aromatic nitrogens is 2. The monoisotopic (exact) mass is 242 g/mol. The molecule has 1 saturated heterocycles. The Labute approximate surface area is 105 Å². The first-order chi connectivity index (χ1) is 8.84. The van der Waals surface area contributed by atoms with Gasteiger partial charge in [0.25, 0.3) is 5.91 Å². The van der Waals surface area contributed by atoms with Crippen molar-refractivity contribution in [2.75, 3.05) is 18.4 Å². The van der Waals surface area contributed by atoms with Crippen LogP contribution in [0, 0.1) is 0 Å². The highest BCUT2D eigenvalue weighted by molar-refractivity contribution is 6.03. The Bertz CT molecular complexity index is 545. The number of nitrogens with zero attached hydrogens (tertiary/aromatic N) is 2. The Morgan fingerprint density at radius 2 is 2.06 bits per heavy atom. The fraction of sp³-hybridized carbons (Fsp3) is 0.231. The largest absolute Gasteiger partial charge is 0.312 e. The van der Waals surface area contributed by atoms with E-state index in [2.05, 4.69) is 15.7 Å². The minimum absolute atomic E-state index is 0.107. The molecule has 3 rings (SSSR count). The molecule has 0 atom stereocenters. The van der Waals surface area contributed by atoms with Crippen LogP contribution in [0.15, 0.2) is 42.6 Å². The van der Waals surface area contributed by atoms with Crippen LogP contribution < -0.4 is 10.6 Å². The van der Waals surface area contributed by atoms with E-state index in [9.17, 15) is 4.79 Å². The second-order valence-corrected chi connectivity index (χ2v) is 4.29. The predicted octanol–water partition coefficient (Wildman–Crippen LogP) is 1.28. The fourth-order valence-electron chi connectivity index (χ4n) is 1.93. The van der Waals surface area contributed by atoms with Crippen molar-refractivity contribution in [2.45, 2.75) is 6.04 Å². The van der Waals surface area contributed by atoms with Crippen molar-refractivity contribution in [3.63, 3.8) is 0 Å². The number of carbonyl (C=O) groups excluding carboxylic acids is 1. The number of anilines is 1. The van der Waals surface area contributed by atoms with Crippen molar-refractivity contribution in [2.24, 2.45) is 0 Å². The molecule has 1 aromatic carbocycles. The highest BCUT2D eigenvalue weighted by Crippen LogP contribution is 2.18. The van der Waals surface area contributed by atoms with Gasteiger partial charge in [-0.15, -0.1) is 0 Å². The van der Waals surface area contributed by atoms with Crippen LogP contribution >= 0.6 is 0 Å². The molecule has 0 radical (unpaired) electrons. The maximum atomic E-state index is 12.0. The molecule has 0 bridgehead atoms. The van der Waals surface area contributed by atoms with Gasteiger partial charge in [0.2, 0.25) is 0 Å². The summed E-state index contributed by atoms with van der Waals surface area (Å²) in [5, 5.41) is 10.3. The van der Waals surface area contributed by atoms with Crippen molar-refractivity contribution in [1.82, 2.24) is 15.1 Å². The number of benzene rings is 1. The molecule has 2 aromatic rings. The van der Waals surface area contributed by atoms with Gasteiger partial charge in [-0.05, 0) is 12.1 Å². The van der Waals surface area contributed by atoms with E-state index < -0.39 is 0 Å². The lowest BCUT2D eigenvalue weighted by molar-refractivity contribution is 0.102. The van der Waals surface area contributed by atoms with Gasteiger partial charge in [0.15, 0.2) is 0 Å². The van der Waals surface area contributed by atoms with E-state index >= 15 is 0 Å². The first-order valence-electron chi connectivity index (χ1n) is 5.95. The smallest absolute Gasteiger partial charge is 0.256 e. The van der Waals surface area contributed by atoms with Crippen LogP contribution in [0.3, 0.4) is 0 Å². The molecule has 1 fully saturated rings. The fourth-order valence-corrected chi connectivity index (χ4v) is 1.93. The summed E-state index contributed by atoms with van der Waals surface area (Å²) in [7, 11) is 0. The van der Waals surface area contributed by atoms with E-state index in [0.29, 0.717) is 11.6 Å². The zero-order valence-corrected chi connectivity index (χ0v) is 9.84. The summed E-state index contributed by atoms with van der Waals surface area (Å²) >= 11 is 0. The lowest BCUT2D eigenvalue weighted by Crippen LogP contribution is -2.44. The van der Waals surface area contributed by atoms with Crippen molar-refractivity contribution >= 4 is 11.7 Å². The zero-order chi connectivity index (χ0) is 12.4. The summed E-state index contributed by atoms with van der Waals surface area (Å²) < 4.78 is 1.86. The van der Waals surface area contributed by atoms with Crippen molar-refractivity contribution in [1.29, 1.82) is 0 Å². The number of hydrogen-bond donors (Lipinski definition) is 2. The van der Waals surface area contributed by atoms with E-state index in [0.717, 1.165) is 18.9 Å². The minimum Gasteiger partial charge on any atom is -0.312 e. The second kappa shape index (κ2) is 4.62. The lowest BCUT2D eigenvalue weighted by Gasteiger charge is -2.28. The van der Waals surface area contributed by atoms with Gasteiger partial charge >= 0.3 is 0 Å². The van der Waals surface area contributed by atoms with Crippen molar-refractivity contribution in [3.05, 3.63) is 48.2 Å². The molecule has 5 heteroatoms. The predicted molar refractivity (Wildman–Crippen MR) is 68.5 cm³/mol. The van der Waals surface area contributed by atoms with E-state index in [1.54, 1.807) is 18.3 Å². The third-order valence-electron chi connectivity index (χ3n) is 3.05. The first-order valence-corrected chi connectivity index (χ1v) is 5.95. The van der Waals surface area contributed by atoms with E-state index in [-0.39, 0.29) is 5.91 Å². The average Bonchev–Trinajstić information content (AvgIpc) is 2.76. The first kappa shape index (κ1) is 11.0. The van der Waals surface area contributed by atoms with Gasteiger partial charge in [0, 0.05) is 24.7 Å². The molecule has 2 N–H and O–H groups in total. The van der Waals surface area contributed by atoms with E-state index in [1.807, 2.05) is 28.9 Å². The number of rotatable bonds is 3. The van der Waals surface area contributed by atoms with Crippen molar-refractivity contribution in [3.8, 4) is 0 Å². The summed E-state index contributed by atoms with van der Waals surface area (Å²) in [6.07, 6.45) is 1.71. The standard InChI is InChI=1S/C13H14N4O/c18-13(10-4-2-1-3-5-10)16-12-6-7-15-17(12)11-8-14-9-11/h1-7,11,14H,8-9H2,(H,16,18). The summed E-state index contributed by atoms with van der Waals surface area (Å²) in [5.74, 6) is 0.639. The summed E-state index contributed by atoms with van der Waals surface area (Å²) in [4.78, 5) is 12.0. The van der Waals surface area contributed by atoms with Crippen LogP contribution in [0.5, 0.6) is 0 Å². The molecule has 0 unspecified atom stereocenters. The number of carbonyl (C=O) groups is 1. The van der Waals surface area contributed by atoms with Gasteiger partial charge in [-0.25, -0.2) is 4.68 Å². The van der Waals surface area contributed by atoms with Crippen LogP contribution in [0.2, 0.25) is 0 Å². The van der Waals surface area contributed by atoms with Gasteiger partial charge in [-0.2, -0.15) is 5.10 Å². The maximum absolute atomic E-state index is 12.0. The van der Waals surface area contributed by atoms with Crippen LogP contribution in [0.25, 0.3) is 0 Å². The molecule has 0 saturated carbocycles. The molecule has 1 aliphatic rings. The molecule has 5 nitrogen and oxygen atoms in total. The van der Waals surface area contributed by atoms with Crippen LogP contribution in [-0.4, -0.2) is 28.8 Å². The molecule has 18 heavy (non-hydrogen) atoms. The lowest BCUT2D eigenvalue weighted by atomic mass is 10.2. The topological polar surface area (TPSA) is 59.0 Å². The molecule has 0 aliphatic carbocycles. The van der Waals surface area contributed by atoms with Crippen LogP contribution in [0.4, 0.5) is 5.82 Å². The molecule has 1 aromatic heterocycles. The van der Waals surface area contributed by atoms with Gasteiger partial charge in [0.05, 0.1) is 12.2 Å². The number of amides is 1. The number of nitrogens with one attached hydrogen (secondary N) is 2. The van der Waals surface area contributed by atoms with Crippen molar-refractivity contribution < 1.29 is 4.79 Å². The Morgan fingerprint density at radius 3 is 2.72 bits per heavy atom. The van der Waals surface area contributed by atoms with E-state index in [4.69, 9.17) is 0 Å². The molecule has 1 aliphatic heterocycles. The average molecular weight is 242 g/mol. The number of hydrogen-bond acceptors (Lipinski definition) is 3. The maximum Gasteiger partial charge on any atom is 0.256 e. The highest BCUT2D eigenvalue weighted by atomic mass is 16.1. The van der Waals surface area contributed by atoms with Gasteiger partial charge in [-0.1, -0.05) is 18.2 Å². The molecule has 92 valence electrons. The summed E-state index contributed by atoms with van der Waals surface area (Å²) in [5.41, 5.74) is 0.650. The molecule has 0 spiro atoms. The zero-order valence-electron chi connectivity index (χ0n) is 9.84. The quantitative estimate of drug-likeness (QED) is 0.852. The third-order valence-corrected chi connectivity index (χ3v) is 3.05. The molecular formula is C13H14N4O. The minimum atomic E-state index is -0.107. The summed E-state index contributed by atoms with van der Waals surface area (Å²) in [6.45, 7) is 1.80. The Morgan fingerprint density at radius 1 is 1.28 bits per heavy atom. The molecule has 1 amide bonds. The van der Waals surface area contributed by atoms with Crippen LogP contribution in [-0.2, 0) is 0 Å². The van der Waals surface area contributed by atoms with E-state index in [1.165, 1.54) is 0 Å². The Hall–Kier alpha value is -2.14. The Kier molecular flexibility index (Phi) is 2.82. The van der Waals surface area contributed by atoms with Crippen LogP contribution in [0.1, 0.15) is 16.4 Å². The molecular weight excluding hydrogens is 228 g/mol. The third kappa shape index (κ3) is 2.00. The SMILES string of the molecule is O=C(Nc1ccnn1C1CNC1)c1ccccc1.